The molecule has 0 aromatic carbocycles. The molecule has 1 aromatic heterocycles. The second-order valence-electron chi connectivity index (χ2n) is 5.08. The Morgan fingerprint density at radius 3 is 2.72 bits per heavy atom. The van der Waals surface area contributed by atoms with Crippen LogP contribution in [0.2, 0.25) is 0 Å². The first-order valence-corrected chi connectivity index (χ1v) is 6.96. The normalized spacial score (nSPS) is 16.8. The van der Waals surface area contributed by atoms with Crippen molar-refractivity contribution in [3.05, 3.63) is 12.0 Å². The average Bonchev–Trinajstić information content (AvgIpc) is 2.78. The van der Waals surface area contributed by atoms with Crippen molar-refractivity contribution in [3.63, 3.8) is 0 Å². The summed E-state index contributed by atoms with van der Waals surface area (Å²) in [5.41, 5.74) is 0.829. The third-order valence-corrected chi connectivity index (χ3v) is 3.49. The maximum atomic E-state index is 12.3. The zero-order chi connectivity index (χ0) is 13.0. The maximum absolute atomic E-state index is 12.3. The number of hydrogen-bond donors (Lipinski definition) is 0. The van der Waals surface area contributed by atoms with E-state index >= 15 is 0 Å². The van der Waals surface area contributed by atoms with Crippen molar-refractivity contribution in [3.8, 4) is 0 Å². The molecule has 0 N–H and O–H groups in total. The minimum Gasteiger partial charge on any atom is -0.431 e. The Morgan fingerprint density at radius 1 is 1.44 bits per heavy atom. The van der Waals surface area contributed by atoms with Crippen molar-refractivity contribution in [2.75, 3.05) is 4.90 Å². The number of oxazole rings is 1. The summed E-state index contributed by atoms with van der Waals surface area (Å²) in [6.45, 7) is 3.91. The molecular weight excluding hydrogens is 228 g/mol. The fourth-order valence-electron chi connectivity index (χ4n) is 2.59. The van der Waals surface area contributed by atoms with Gasteiger partial charge in [-0.3, -0.25) is 9.69 Å². The van der Waals surface area contributed by atoms with Crippen LogP contribution in [0.1, 0.15) is 57.6 Å². The predicted molar refractivity (Wildman–Crippen MR) is 70.5 cm³/mol. The molecule has 2 rings (SSSR count). The molecule has 1 amide bonds. The zero-order valence-electron chi connectivity index (χ0n) is 11.3. The summed E-state index contributed by atoms with van der Waals surface area (Å²) < 4.78 is 5.44. The Morgan fingerprint density at radius 2 is 2.17 bits per heavy atom. The quantitative estimate of drug-likeness (QED) is 0.822. The zero-order valence-corrected chi connectivity index (χ0v) is 11.3. The molecule has 0 bridgehead atoms. The van der Waals surface area contributed by atoms with Crippen molar-refractivity contribution in [2.45, 2.75) is 64.8 Å². The van der Waals surface area contributed by atoms with Gasteiger partial charge in [-0.15, -0.1) is 0 Å². The van der Waals surface area contributed by atoms with Gasteiger partial charge in [0.05, 0.1) is 5.69 Å². The number of carbonyl (C=O) groups is 1. The van der Waals surface area contributed by atoms with E-state index in [1.165, 1.54) is 19.3 Å². The summed E-state index contributed by atoms with van der Waals surface area (Å²) in [6, 6.07) is 0.758. The van der Waals surface area contributed by atoms with Crippen LogP contribution in [-0.2, 0) is 4.79 Å². The van der Waals surface area contributed by atoms with Gasteiger partial charge in [0, 0.05) is 12.5 Å². The molecule has 1 fully saturated rings. The average molecular weight is 250 g/mol. The topological polar surface area (TPSA) is 46.3 Å². The first kappa shape index (κ1) is 13.1. The summed E-state index contributed by atoms with van der Waals surface area (Å²) >= 11 is 0. The summed E-state index contributed by atoms with van der Waals surface area (Å²) in [5, 5.41) is 0. The van der Waals surface area contributed by atoms with Gasteiger partial charge in [-0.05, 0) is 26.2 Å². The highest BCUT2D eigenvalue weighted by molar-refractivity contribution is 5.91. The monoisotopic (exact) mass is 250 g/mol. The third kappa shape index (κ3) is 2.92. The Kier molecular flexibility index (Phi) is 4.39. The van der Waals surface area contributed by atoms with Crippen molar-refractivity contribution < 1.29 is 9.21 Å². The van der Waals surface area contributed by atoms with Gasteiger partial charge in [-0.1, -0.05) is 26.2 Å². The number of anilines is 1. The second-order valence-corrected chi connectivity index (χ2v) is 5.08. The largest absolute Gasteiger partial charge is 0.431 e. The van der Waals surface area contributed by atoms with Gasteiger partial charge in [-0.25, -0.2) is 0 Å². The van der Waals surface area contributed by atoms with E-state index in [2.05, 4.69) is 4.98 Å². The van der Waals surface area contributed by atoms with E-state index in [-0.39, 0.29) is 11.9 Å². The van der Waals surface area contributed by atoms with Crippen molar-refractivity contribution >= 4 is 11.9 Å². The van der Waals surface area contributed by atoms with E-state index in [0.29, 0.717) is 12.4 Å². The SMILES string of the molecule is CCCC(=O)N(c1nc(C)co1)C1CCCCC1. The molecule has 4 nitrogen and oxygen atoms in total. The molecule has 0 saturated heterocycles. The highest BCUT2D eigenvalue weighted by Crippen LogP contribution is 2.27. The molecule has 1 aliphatic rings. The van der Waals surface area contributed by atoms with Crippen LogP contribution in [0.5, 0.6) is 0 Å². The van der Waals surface area contributed by atoms with Gasteiger partial charge < -0.3 is 4.42 Å². The molecule has 0 aliphatic heterocycles. The van der Waals surface area contributed by atoms with Crippen LogP contribution in [0, 0.1) is 6.92 Å². The molecule has 1 saturated carbocycles. The lowest BCUT2D eigenvalue weighted by Gasteiger charge is -2.31. The van der Waals surface area contributed by atoms with Crippen molar-refractivity contribution in [1.29, 1.82) is 0 Å². The standard InChI is InChI=1S/C14H22N2O2/c1-3-7-13(17)16(12-8-5-4-6-9-12)14-15-11(2)10-18-14/h10,12H,3-9H2,1-2H3. The lowest BCUT2D eigenvalue weighted by Crippen LogP contribution is -2.41. The van der Waals surface area contributed by atoms with Crippen LogP contribution >= 0.6 is 0 Å². The van der Waals surface area contributed by atoms with Crippen LogP contribution in [-0.4, -0.2) is 16.9 Å². The number of hydrogen-bond acceptors (Lipinski definition) is 3. The van der Waals surface area contributed by atoms with Gasteiger partial charge in [0.15, 0.2) is 0 Å². The second kappa shape index (κ2) is 6.03. The van der Waals surface area contributed by atoms with Crippen LogP contribution in [0.25, 0.3) is 0 Å². The molecule has 0 atom stereocenters. The molecule has 0 unspecified atom stereocenters. The molecule has 0 spiro atoms. The summed E-state index contributed by atoms with van der Waals surface area (Å²) in [4.78, 5) is 18.4. The lowest BCUT2D eigenvalue weighted by atomic mass is 9.94. The molecule has 100 valence electrons. The van der Waals surface area contributed by atoms with E-state index in [1.807, 2.05) is 13.8 Å². The maximum Gasteiger partial charge on any atom is 0.304 e. The molecule has 18 heavy (non-hydrogen) atoms. The molecular formula is C14H22N2O2. The minimum absolute atomic E-state index is 0.145. The highest BCUT2D eigenvalue weighted by atomic mass is 16.4. The number of carbonyl (C=O) groups excluding carboxylic acids is 1. The minimum atomic E-state index is 0.145. The summed E-state index contributed by atoms with van der Waals surface area (Å²) in [5.74, 6) is 0.145. The van der Waals surface area contributed by atoms with Crippen molar-refractivity contribution in [1.82, 2.24) is 4.98 Å². The number of aromatic nitrogens is 1. The number of aryl methyl sites for hydroxylation is 1. The summed E-state index contributed by atoms with van der Waals surface area (Å²) in [7, 11) is 0. The molecule has 4 heteroatoms. The molecule has 1 aromatic rings. The predicted octanol–water partition coefficient (Wildman–Crippen LogP) is 3.45. The highest BCUT2D eigenvalue weighted by Gasteiger charge is 2.29. The van der Waals surface area contributed by atoms with Crippen LogP contribution in [0.15, 0.2) is 10.7 Å². The van der Waals surface area contributed by atoms with Crippen molar-refractivity contribution in [2.24, 2.45) is 0 Å². The number of amides is 1. The Labute approximate surface area is 108 Å². The lowest BCUT2D eigenvalue weighted by molar-refractivity contribution is -0.119. The molecule has 1 heterocycles. The van der Waals surface area contributed by atoms with E-state index in [4.69, 9.17) is 4.42 Å². The van der Waals surface area contributed by atoms with E-state index in [1.54, 1.807) is 11.2 Å². The summed E-state index contributed by atoms with van der Waals surface area (Å²) in [6.07, 6.45) is 8.84. The number of rotatable bonds is 4. The van der Waals surface area contributed by atoms with Crippen LogP contribution < -0.4 is 4.90 Å². The first-order valence-electron chi connectivity index (χ1n) is 6.96. The fraction of sp³-hybridized carbons (Fsp3) is 0.714. The van der Waals surface area contributed by atoms with Crippen LogP contribution in [0.4, 0.5) is 6.01 Å². The van der Waals surface area contributed by atoms with E-state index in [0.717, 1.165) is 25.0 Å². The van der Waals surface area contributed by atoms with Gasteiger partial charge in [0.2, 0.25) is 5.91 Å². The van der Waals surface area contributed by atoms with Gasteiger partial charge in [0.25, 0.3) is 0 Å². The molecule has 0 radical (unpaired) electrons. The van der Waals surface area contributed by atoms with Gasteiger partial charge >= 0.3 is 6.01 Å². The Bertz CT molecular complexity index is 394. The number of nitrogens with zero attached hydrogens (tertiary/aromatic N) is 2. The first-order chi connectivity index (χ1) is 8.72. The third-order valence-electron chi connectivity index (χ3n) is 3.49. The fourth-order valence-corrected chi connectivity index (χ4v) is 2.59. The molecule has 1 aliphatic carbocycles. The van der Waals surface area contributed by atoms with Gasteiger partial charge in [0.1, 0.15) is 6.26 Å². The Balaban J connectivity index is 2.18. The smallest absolute Gasteiger partial charge is 0.304 e. The van der Waals surface area contributed by atoms with E-state index in [9.17, 15) is 4.79 Å². The van der Waals surface area contributed by atoms with Crippen LogP contribution in [0.3, 0.4) is 0 Å². The Hall–Kier alpha value is -1.32. The van der Waals surface area contributed by atoms with E-state index < -0.39 is 0 Å². The van der Waals surface area contributed by atoms with Gasteiger partial charge in [-0.2, -0.15) is 4.98 Å².